The number of carbonyl (C=O) groups is 1. The molecule has 174 valence electrons. The van der Waals surface area contributed by atoms with E-state index in [-0.39, 0.29) is 27.9 Å². The van der Waals surface area contributed by atoms with Gasteiger partial charge in [0, 0.05) is 12.3 Å². The highest BCUT2D eigenvalue weighted by Gasteiger charge is 2.17. The summed E-state index contributed by atoms with van der Waals surface area (Å²) in [6, 6.07) is 19.5. The topological polar surface area (TPSA) is 95.9 Å². The fourth-order valence-corrected chi connectivity index (χ4v) is 3.92. The molecule has 0 saturated heterocycles. The van der Waals surface area contributed by atoms with E-state index in [1.807, 2.05) is 36.4 Å². The van der Waals surface area contributed by atoms with Crippen LogP contribution in [0.5, 0.6) is 11.5 Å². The zero-order chi connectivity index (χ0) is 24.5. The van der Waals surface area contributed by atoms with Crippen molar-refractivity contribution in [3.05, 3.63) is 87.7 Å². The largest absolute Gasteiger partial charge is 0.493 e. The third kappa shape index (κ3) is 4.27. The van der Waals surface area contributed by atoms with E-state index in [0.717, 1.165) is 5.39 Å². The van der Waals surface area contributed by atoms with Crippen LogP contribution >= 0.6 is 11.6 Å². The van der Waals surface area contributed by atoms with Gasteiger partial charge in [0.1, 0.15) is 5.58 Å². The van der Waals surface area contributed by atoms with E-state index < -0.39 is 5.97 Å². The third-order valence-corrected chi connectivity index (χ3v) is 5.50. The maximum atomic E-state index is 13.4. The van der Waals surface area contributed by atoms with Crippen LogP contribution < -0.4 is 15.0 Å². The first-order chi connectivity index (χ1) is 16.9. The van der Waals surface area contributed by atoms with E-state index >= 15 is 0 Å². The molecule has 0 aliphatic rings. The minimum absolute atomic E-state index is 0.103. The Bertz CT molecular complexity index is 1650. The molecule has 0 fully saturated rings. The average molecular weight is 488 g/mol. The van der Waals surface area contributed by atoms with E-state index in [0.29, 0.717) is 27.8 Å². The van der Waals surface area contributed by atoms with Crippen LogP contribution in [0, 0.1) is 0 Å². The number of methoxy groups -OCH3 is 1. The van der Waals surface area contributed by atoms with E-state index in [9.17, 15) is 9.59 Å². The number of aromatic nitrogens is 2. The normalized spacial score (nSPS) is 11.4. The Kier molecular flexibility index (Phi) is 5.80. The van der Waals surface area contributed by atoms with Crippen molar-refractivity contribution >= 4 is 45.7 Å². The standard InChI is InChI=1S/C26H18ClN3O5/c1-15(31)34-24-19(27)11-16(12-22(24)33-2)14-28-30-25(23-13-17-7-3-6-10-21(17)35-23)29-20-9-5-4-8-18(20)26(30)32/h3-14H,1-2H3. The maximum Gasteiger partial charge on any atom is 0.308 e. The van der Waals surface area contributed by atoms with Crippen LogP contribution in [-0.4, -0.2) is 29.0 Å². The molecule has 5 aromatic rings. The van der Waals surface area contributed by atoms with Gasteiger partial charge in [-0.05, 0) is 42.0 Å². The summed E-state index contributed by atoms with van der Waals surface area (Å²) in [5.41, 5.74) is 1.34. The molecule has 3 aromatic carbocycles. The monoisotopic (exact) mass is 487 g/mol. The fourth-order valence-electron chi connectivity index (χ4n) is 3.66. The summed E-state index contributed by atoms with van der Waals surface area (Å²) >= 11 is 6.31. The van der Waals surface area contributed by atoms with Crippen LogP contribution in [0.15, 0.2) is 81.0 Å². The predicted octanol–water partition coefficient (Wildman–Crippen LogP) is 5.28. The molecule has 9 heteroatoms. The Balaban J connectivity index is 1.67. The fraction of sp³-hybridized carbons (Fsp3) is 0.0769. The Morgan fingerprint density at radius 1 is 1.11 bits per heavy atom. The first kappa shape index (κ1) is 22.4. The van der Waals surface area contributed by atoms with E-state index in [1.165, 1.54) is 24.9 Å². The second-order valence-electron chi connectivity index (χ2n) is 7.59. The highest BCUT2D eigenvalue weighted by atomic mass is 35.5. The molecule has 0 saturated carbocycles. The summed E-state index contributed by atoms with van der Waals surface area (Å²) in [6.45, 7) is 1.27. The zero-order valence-corrected chi connectivity index (χ0v) is 19.4. The van der Waals surface area contributed by atoms with Crippen LogP contribution in [-0.2, 0) is 4.79 Å². The van der Waals surface area contributed by atoms with Gasteiger partial charge >= 0.3 is 5.97 Å². The number of para-hydroxylation sites is 2. The van der Waals surface area contributed by atoms with E-state index in [4.69, 9.17) is 25.5 Å². The highest BCUT2D eigenvalue weighted by molar-refractivity contribution is 6.32. The van der Waals surface area contributed by atoms with Crippen molar-refractivity contribution in [3.8, 4) is 23.1 Å². The molecule has 0 aliphatic carbocycles. The van der Waals surface area contributed by atoms with Gasteiger partial charge in [0.05, 0.1) is 29.2 Å². The Morgan fingerprint density at radius 3 is 2.66 bits per heavy atom. The van der Waals surface area contributed by atoms with Crippen molar-refractivity contribution in [1.82, 2.24) is 9.66 Å². The SMILES string of the molecule is COc1cc(C=Nn2c(-c3cc4ccccc4o3)nc3ccccc3c2=O)cc(Cl)c1OC(C)=O. The van der Waals surface area contributed by atoms with Crippen LogP contribution in [0.2, 0.25) is 5.02 Å². The third-order valence-electron chi connectivity index (χ3n) is 5.22. The van der Waals surface area contributed by atoms with Crippen molar-refractivity contribution in [2.24, 2.45) is 5.10 Å². The van der Waals surface area contributed by atoms with Crippen molar-refractivity contribution in [2.75, 3.05) is 7.11 Å². The molecule has 0 spiro atoms. The van der Waals surface area contributed by atoms with Crippen LogP contribution in [0.1, 0.15) is 12.5 Å². The molecular formula is C26H18ClN3O5. The first-order valence-corrected chi connectivity index (χ1v) is 10.9. The van der Waals surface area contributed by atoms with Crippen molar-refractivity contribution in [3.63, 3.8) is 0 Å². The number of carbonyl (C=O) groups excluding carboxylic acids is 1. The molecule has 8 nitrogen and oxygen atoms in total. The molecule has 0 bridgehead atoms. The lowest BCUT2D eigenvalue weighted by Gasteiger charge is -2.11. The second kappa shape index (κ2) is 9.08. The summed E-state index contributed by atoms with van der Waals surface area (Å²) in [5.74, 6) is 0.459. The number of nitrogens with zero attached hydrogens (tertiary/aromatic N) is 3. The van der Waals surface area contributed by atoms with Gasteiger partial charge in [-0.15, -0.1) is 0 Å². The van der Waals surface area contributed by atoms with Gasteiger partial charge in [-0.1, -0.05) is 41.9 Å². The van der Waals surface area contributed by atoms with E-state index in [2.05, 4.69) is 10.1 Å². The molecule has 0 aliphatic heterocycles. The number of furan rings is 1. The maximum absolute atomic E-state index is 13.4. The summed E-state index contributed by atoms with van der Waals surface area (Å²) in [6.07, 6.45) is 1.44. The number of hydrogen-bond donors (Lipinski definition) is 0. The molecule has 35 heavy (non-hydrogen) atoms. The number of rotatable bonds is 5. The van der Waals surface area contributed by atoms with Crippen molar-refractivity contribution in [1.29, 1.82) is 0 Å². The van der Waals surface area contributed by atoms with Crippen molar-refractivity contribution in [2.45, 2.75) is 6.92 Å². The molecule has 0 N–H and O–H groups in total. The van der Waals surface area contributed by atoms with Gasteiger partial charge < -0.3 is 13.9 Å². The molecule has 2 aromatic heterocycles. The highest BCUT2D eigenvalue weighted by Crippen LogP contribution is 2.36. The van der Waals surface area contributed by atoms with Gasteiger partial charge in [-0.2, -0.15) is 9.78 Å². The van der Waals surface area contributed by atoms with Gasteiger partial charge in [-0.25, -0.2) is 4.98 Å². The summed E-state index contributed by atoms with van der Waals surface area (Å²) in [5, 5.41) is 5.85. The average Bonchev–Trinajstić information content (AvgIpc) is 3.28. The number of esters is 1. The Labute approximate surface area is 204 Å². The number of halogens is 1. The molecule has 0 atom stereocenters. The van der Waals surface area contributed by atoms with Crippen LogP contribution in [0.25, 0.3) is 33.5 Å². The molecule has 0 amide bonds. The molecule has 2 heterocycles. The second-order valence-corrected chi connectivity index (χ2v) is 8.00. The minimum atomic E-state index is -0.532. The lowest BCUT2D eigenvalue weighted by Crippen LogP contribution is -2.20. The quantitative estimate of drug-likeness (QED) is 0.190. The summed E-state index contributed by atoms with van der Waals surface area (Å²) in [7, 11) is 1.43. The van der Waals surface area contributed by atoms with Gasteiger partial charge in [0.15, 0.2) is 17.3 Å². The molecule has 0 unspecified atom stereocenters. The summed E-state index contributed by atoms with van der Waals surface area (Å²) in [4.78, 5) is 29.4. The molecular weight excluding hydrogens is 470 g/mol. The number of benzene rings is 3. The number of hydrogen-bond acceptors (Lipinski definition) is 7. The molecule has 0 radical (unpaired) electrons. The minimum Gasteiger partial charge on any atom is -0.493 e. The number of fused-ring (bicyclic) bond motifs is 2. The zero-order valence-electron chi connectivity index (χ0n) is 18.7. The van der Waals surface area contributed by atoms with Gasteiger partial charge in [0.2, 0.25) is 5.82 Å². The lowest BCUT2D eigenvalue weighted by molar-refractivity contribution is -0.132. The number of ether oxygens (including phenoxy) is 2. The van der Waals surface area contributed by atoms with Gasteiger partial charge in [-0.3, -0.25) is 9.59 Å². The lowest BCUT2D eigenvalue weighted by atomic mass is 10.2. The molecule has 5 rings (SSSR count). The smallest absolute Gasteiger partial charge is 0.308 e. The van der Waals surface area contributed by atoms with Crippen LogP contribution in [0.3, 0.4) is 0 Å². The Morgan fingerprint density at radius 2 is 1.89 bits per heavy atom. The Hall–Kier alpha value is -4.43. The van der Waals surface area contributed by atoms with Gasteiger partial charge in [0.25, 0.3) is 5.56 Å². The predicted molar refractivity (Wildman–Crippen MR) is 134 cm³/mol. The van der Waals surface area contributed by atoms with Crippen LogP contribution in [0.4, 0.5) is 0 Å². The van der Waals surface area contributed by atoms with E-state index in [1.54, 1.807) is 30.3 Å². The first-order valence-electron chi connectivity index (χ1n) is 10.6. The summed E-state index contributed by atoms with van der Waals surface area (Å²) < 4.78 is 17.6. The van der Waals surface area contributed by atoms with Crippen molar-refractivity contribution < 1.29 is 18.7 Å².